The first-order chi connectivity index (χ1) is 11.6. The normalized spacial score (nSPS) is 17.7. The number of hydrogen-bond acceptors (Lipinski definition) is 5. The van der Waals surface area contributed by atoms with Gasteiger partial charge in [0.25, 0.3) is 0 Å². The zero-order valence-electron chi connectivity index (χ0n) is 13.1. The van der Waals surface area contributed by atoms with Gasteiger partial charge in [-0.05, 0) is 19.3 Å². The number of nitrogens with one attached hydrogen (secondary N) is 1. The van der Waals surface area contributed by atoms with E-state index in [1.807, 2.05) is 30.3 Å². The van der Waals surface area contributed by atoms with Crippen LogP contribution in [0.4, 0.5) is 0 Å². The number of thioether (sulfide) groups is 1. The molecule has 2 heterocycles. The van der Waals surface area contributed by atoms with Crippen molar-refractivity contribution >= 4 is 23.6 Å². The Bertz CT molecular complexity index is 718. The SMILES string of the molecule is NC(=O)[C@@H]1CCCCN1C(=O)CSc1n[nH]c(-c2ccccc2)n1. The fourth-order valence-electron chi connectivity index (χ4n) is 2.77. The predicted molar refractivity (Wildman–Crippen MR) is 91.1 cm³/mol. The maximum Gasteiger partial charge on any atom is 0.240 e. The topological polar surface area (TPSA) is 105 Å². The number of hydrogen-bond donors (Lipinski definition) is 2. The van der Waals surface area contributed by atoms with Crippen LogP contribution in [0, 0.1) is 0 Å². The molecule has 126 valence electrons. The van der Waals surface area contributed by atoms with Gasteiger partial charge in [-0.1, -0.05) is 42.1 Å². The Hall–Kier alpha value is -2.35. The average Bonchev–Trinajstić information content (AvgIpc) is 3.09. The predicted octanol–water partition coefficient (Wildman–Crippen LogP) is 1.43. The van der Waals surface area contributed by atoms with Crippen molar-refractivity contribution in [2.24, 2.45) is 5.73 Å². The Labute approximate surface area is 144 Å². The number of aromatic nitrogens is 3. The molecule has 1 aromatic heterocycles. The summed E-state index contributed by atoms with van der Waals surface area (Å²) in [5.41, 5.74) is 6.34. The molecular formula is C16H19N5O2S. The van der Waals surface area contributed by atoms with E-state index in [9.17, 15) is 9.59 Å². The van der Waals surface area contributed by atoms with Crippen LogP contribution in [-0.4, -0.2) is 50.2 Å². The van der Waals surface area contributed by atoms with Crippen LogP contribution in [-0.2, 0) is 9.59 Å². The van der Waals surface area contributed by atoms with Crippen molar-refractivity contribution in [1.29, 1.82) is 0 Å². The van der Waals surface area contributed by atoms with E-state index in [0.717, 1.165) is 18.4 Å². The number of rotatable bonds is 5. The van der Waals surface area contributed by atoms with Crippen molar-refractivity contribution in [3.8, 4) is 11.4 Å². The molecule has 1 aliphatic heterocycles. The van der Waals surface area contributed by atoms with E-state index < -0.39 is 11.9 Å². The number of amides is 2. The number of carbonyl (C=O) groups excluding carboxylic acids is 2. The zero-order valence-corrected chi connectivity index (χ0v) is 14.0. The quantitative estimate of drug-likeness (QED) is 0.798. The first kappa shape index (κ1) is 16.5. The van der Waals surface area contributed by atoms with Gasteiger partial charge in [-0.25, -0.2) is 4.98 Å². The van der Waals surface area contributed by atoms with Crippen LogP contribution in [0.25, 0.3) is 11.4 Å². The van der Waals surface area contributed by atoms with E-state index in [2.05, 4.69) is 15.2 Å². The molecule has 7 nitrogen and oxygen atoms in total. The van der Waals surface area contributed by atoms with Gasteiger partial charge >= 0.3 is 0 Å². The van der Waals surface area contributed by atoms with E-state index in [1.54, 1.807) is 4.90 Å². The second-order valence-electron chi connectivity index (χ2n) is 5.62. The summed E-state index contributed by atoms with van der Waals surface area (Å²) in [5.74, 6) is 0.320. The lowest BCUT2D eigenvalue weighted by atomic mass is 10.0. The number of nitrogens with zero attached hydrogens (tertiary/aromatic N) is 3. The molecular weight excluding hydrogens is 326 g/mol. The highest BCUT2D eigenvalue weighted by molar-refractivity contribution is 7.99. The van der Waals surface area contributed by atoms with Crippen LogP contribution in [0.2, 0.25) is 0 Å². The Morgan fingerprint density at radius 2 is 2.08 bits per heavy atom. The van der Waals surface area contributed by atoms with E-state index in [0.29, 0.717) is 23.9 Å². The Morgan fingerprint density at radius 1 is 1.29 bits per heavy atom. The molecule has 24 heavy (non-hydrogen) atoms. The average molecular weight is 345 g/mol. The minimum Gasteiger partial charge on any atom is -0.368 e. The maximum atomic E-state index is 12.4. The highest BCUT2D eigenvalue weighted by Crippen LogP contribution is 2.22. The van der Waals surface area contributed by atoms with Crippen LogP contribution in [0.3, 0.4) is 0 Å². The Balaban J connectivity index is 1.60. The van der Waals surface area contributed by atoms with Gasteiger partial charge in [0, 0.05) is 12.1 Å². The number of carbonyl (C=O) groups is 2. The van der Waals surface area contributed by atoms with Crippen molar-refractivity contribution in [3.05, 3.63) is 30.3 Å². The zero-order chi connectivity index (χ0) is 16.9. The molecule has 1 atom stereocenters. The van der Waals surface area contributed by atoms with Gasteiger partial charge in [-0.3, -0.25) is 14.7 Å². The number of nitrogens with two attached hydrogens (primary N) is 1. The molecule has 3 rings (SSSR count). The summed E-state index contributed by atoms with van der Waals surface area (Å²) in [6.07, 6.45) is 2.47. The summed E-state index contributed by atoms with van der Waals surface area (Å²) < 4.78 is 0. The fourth-order valence-corrected chi connectivity index (χ4v) is 3.46. The molecule has 8 heteroatoms. The molecule has 0 unspecified atom stereocenters. The lowest BCUT2D eigenvalue weighted by Gasteiger charge is -2.33. The summed E-state index contributed by atoms with van der Waals surface area (Å²) in [6, 6.07) is 9.17. The van der Waals surface area contributed by atoms with E-state index >= 15 is 0 Å². The molecule has 2 aromatic rings. The van der Waals surface area contributed by atoms with Crippen molar-refractivity contribution < 1.29 is 9.59 Å². The number of H-pyrrole nitrogens is 1. The number of likely N-dealkylation sites (tertiary alicyclic amines) is 1. The van der Waals surface area contributed by atoms with Gasteiger partial charge in [0.1, 0.15) is 6.04 Å². The second-order valence-corrected chi connectivity index (χ2v) is 6.56. The summed E-state index contributed by atoms with van der Waals surface area (Å²) in [4.78, 5) is 29.9. The van der Waals surface area contributed by atoms with Crippen molar-refractivity contribution in [2.45, 2.75) is 30.5 Å². The second kappa shape index (κ2) is 7.48. The van der Waals surface area contributed by atoms with E-state index in [4.69, 9.17) is 5.73 Å². The third-order valence-electron chi connectivity index (χ3n) is 3.99. The Kier molecular flexibility index (Phi) is 5.14. The highest BCUT2D eigenvalue weighted by Gasteiger charge is 2.30. The summed E-state index contributed by atoms with van der Waals surface area (Å²) in [5, 5.41) is 7.51. The molecule has 0 aliphatic carbocycles. The van der Waals surface area contributed by atoms with Crippen LogP contribution >= 0.6 is 11.8 Å². The lowest BCUT2D eigenvalue weighted by Crippen LogP contribution is -2.51. The smallest absolute Gasteiger partial charge is 0.240 e. The molecule has 1 aliphatic rings. The number of benzene rings is 1. The van der Waals surface area contributed by atoms with E-state index in [1.165, 1.54) is 11.8 Å². The van der Waals surface area contributed by atoms with Crippen LogP contribution in [0.5, 0.6) is 0 Å². The number of aromatic amines is 1. The van der Waals surface area contributed by atoms with Crippen LogP contribution < -0.4 is 5.73 Å². The first-order valence-electron chi connectivity index (χ1n) is 7.84. The van der Waals surface area contributed by atoms with Crippen molar-refractivity contribution in [1.82, 2.24) is 20.1 Å². The standard InChI is InChI=1S/C16H19N5O2S/c17-14(23)12-8-4-5-9-21(12)13(22)10-24-16-18-15(19-20-16)11-6-2-1-3-7-11/h1-3,6-7,12H,4-5,8-10H2,(H2,17,23)(H,18,19,20)/t12-/m0/s1. The molecule has 1 saturated heterocycles. The first-order valence-corrected chi connectivity index (χ1v) is 8.83. The minimum atomic E-state index is -0.487. The molecule has 0 spiro atoms. The monoisotopic (exact) mass is 345 g/mol. The van der Waals surface area contributed by atoms with Crippen molar-refractivity contribution in [2.75, 3.05) is 12.3 Å². The third-order valence-corrected chi connectivity index (χ3v) is 4.82. The van der Waals surface area contributed by atoms with Crippen LogP contribution in [0.15, 0.2) is 35.5 Å². The molecule has 0 radical (unpaired) electrons. The van der Waals surface area contributed by atoms with Gasteiger partial charge in [0.05, 0.1) is 5.75 Å². The van der Waals surface area contributed by atoms with Gasteiger partial charge < -0.3 is 10.6 Å². The summed E-state index contributed by atoms with van der Waals surface area (Å²) in [7, 11) is 0. The molecule has 0 saturated carbocycles. The number of primary amides is 1. The molecule has 2 amide bonds. The number of piperidine rings is 1. The van der Waals surface area contributed by atoms with E-state index in [-0.39, 0.29) is 11.7 Å². The summed E-state index contributed by atoms with van der Waals surface area (Å²) >= 11 is 1.25. The Morgan fingerprint density at radius 3 is 2.83 bits per heavy atom. The lowest BCUT2D eigenvalue weighted by molar-refractivity contribution is -0.138. The van der Waals surface area contributed by atoms with Gasteiger partial charge in [-0.15, -0.1) is 5.10 Å². The maximum absolute atomic E-state index is 12.4. The highest BCUT2D eigenvalue weighted by atomic mass is 32.2. The van der Waals surface area contributed by atoms with Gasteiger partial charge in [-0.2, -0.15) is 0 Å². The summed E-state index contributed by atoms with van der Waals surface area (Å²) in [6.45, 7) is 0.580. The molecule has 3 N–H and O–H groups in total. The fraction of sp³-hybridized carbons (Fsp3) is 0.375. The van der Waals surface area contributed by atoms with Gasteiger partial charge in [0.2, 0.25) is 17.0 Å². The molecule has 1 aromatic carbocycles. The third kappa shape index (κ3) is 3.76. The minimum absolute atomic E-state index is 0.102. The van der Waals surface area contributed by atoms with Crippen LogP contribution in [0.1, 0.15) is 19.3 Å². The largest absolute Gasteiger partial charge is 0.368 e. The van der Waals surface area contributed by atoms with Gasteiger partial charge in [0.15, 0.2) is 5.82 Å². The molecule has 1 fully saturated rings. The molecule has 0 bridgehead atoms. The van der Waals surface area contributed by atoms with Crippen molar-refractivity contribution in [3.63, 3.8) is 0 Å².